The Morgan fingerprint density at radius 2 is 1.65 bits per heavy atom. The zero-order chi connectivity index (χ0) is 14.7. The summed E-state index contributed by atoms with van der Waals surface area (Å²) in [6, 6.07) is 0. The average Bonchev–Trinajstić information content (AvgIpc) is 2.38. The van der Waals surface area contributed by atoms with Gasteiger partial charge >= 0.3 is 0 Å². The largest absolute Gasteiger partial charge is 0.0850 e. The molecule has 20 heavy (non-hydrogen) atoms. The van der Waals surface area contributed by atoms with Crippen LogP contribution in [0.15, 0.2) is 11.6 Å². The Balaban J connectivity index is 0.000000121. The summed E-state index contributed by atoms with van der Waals surface area (Å²) in [7, 11) is 0. The Kier molecular flexibility index (Phi) is 3.39. The van der Waals surface area contributed by atoms with E-state index >= 15 is 0 Å². The molecule has 5 atom stereocenters. The van der Waals surface area contributed by atoms with Gasteiger partial charge in [-0.05, 0) is 73.0 Å². The van der Waals surface area contributed by atoms with E-state index in [-0.39, 0.29) is 0 Å². The first-order valence-electron chi connectivity index (χ1n) is 8.91. The average molecular weight is 274 g/mol. The van der Waals surface area contributed by atoms with Gasteiger partial charge < -0.3 is 0 Å². The number of allylic oxidation sites excluding steroid dienone is 2. The minimum atomic E-state index is 0.638. The highest BCUT2D eigenvalue weighted by atomic mass is 14.6. The molecule has 5 unspecified atom stereocenters. The second-order valence-electron chi connectivity index (χ2n) is 9.41. The molecule has 6 aliphatic rings. The van der Waals surface area contributed by atoms with Crippen LogP contribution >= 0.6 is 0 Å². The minimum absolute atomic E-state index is 0.638. The van der Waals surface area contributed by atoms with E-state index in [2.05, 4.69) is 47.6 Å². The molecule has 0 amide bonds. The third-order valence-electron chi connectivity index (χ3n) is 7.95. The Bertz CT molecular complexity index is 410. The molecule has 0 saturated heterocycles. The maximum absolute atomic E-state index is 2.46. The van der Waals surface area contributed by atoms with Crippen LogP contribution in [0.3, 0.4) is 0 Å². The molecule has 114 valence electrons. The summed E-state index contributed by atoms with van der Waals surface area (Å²) in [5.74, 6) is 5.08. The molecule has 0 radical (unpaired) electrons. The first-order valence-corrected chi connectivity index (χ1v) is 8.91. The fraction of sp³-hybridized carbons (Fsp3) is 0.900. The van der Waals surface area contributed by atoms with Crippen LogP contribution in [0.5, 0.6) is 0 Å². The van der Waals surface area contributed by atoms with Gasteiger partial charge in [0, 0.05) is 0 Å². The van der Waals surface area contributed by atoms with Gasteiger partial charge in [-0.3, -0.25) is 0 Å². The lowest BCUT2D eigenvalue weighted by atomic mass is 9.46. The van der Waals surface area contributed by atoms with E-state index in [0.717, 1.165) is 29.6 Å². The lowest BCUT2D eigenvalue weighted by Crippen LogP contribution is -2.51. The maximum Gasteiger partial charge on any atom is -0.0149 e. The van der Waals surface area contributed by atoms with E-state index in [1.165, 1.54) is 32.1 Å². The van der Waals surface area contributed by atoms with E-state index in [1.807, 2.05) is 0 Å². The first-order chi connectivity index (χ1) is 9.24. The van der Waals surface area contributed by atoms with Gasteiger partial charge in [0.15, 0.2) is 0 Å². The fourth-order valence-electron chi connectivity index (χ4n) is 5.84. The van der Waals surface area contributed by atoms with Crippen molar-refractivity contribution >= 4 is 0 Å². The van der Waals surface area contributed by atoms with Crippen LogP contribution in [0, 0.1) is 40.4 Å². The molecule has 4 bridgehead atoms. The molecule has 4 fully saturated rings. The Morgan fingerprint density at radius 1 is 0.950 bits per heavy atom. The maximum atomic E-state index is 2.46. The van der Waals surface area contributed by atoms with Gasteiger partial charge in [0.1, 0.15) is 0 Å². The summed E-state index contributed by atoms with van der Waals surface area (Å²) in [5.41, 5.74) is 2.99. The molecule has 0 nitrogen and oxygen atoms in total. The molecule has 0 N–H and O–H groups in total. The molecular formula is C20H34. The van der Waals surface area contributed by atoms with Gasteiger partial charge in [-0.1, -0.05) is 52.7 Å². The molecule has 0 aromatic heterocycles. The molecule has 0 aromatic rings. The Labute approximate surface area is 126 Å². The fourth-order valence-corrected chi connectivity index (χ4v) is 5.84. The summed E-state index contributed by atoms with van der Waals surface area (Å²) >= 11 is 0. The zero-order valence-corrected chi connectivity index (χ0v) is 14.5. The lowest BCUT2D eigenvalue weighted by molar-refractivity contribution is -0.0988. The number of hydrogen-bond acceptors (Lipinski definition) is 0. The van der Waals surface area contributed by atoms with Crippen LogP contribution in [0.1, 0.15) is 73.6 Å². The molecule has 4 saturated carbocycles. The van der Waals surface area contributed by atoms with Crippen molar-refractivity contribution in [2.75, 3.05) is 0 Å². The van der Waals surface area contributed by atoms with Crippen molar-refractivity contribution in [1.82, 2.24) is 0 Å². The van der Waals surface area contributed by atoms with Crippen molar-refractivity contribution in [1.29, 1.82) is 0 Å². The highest BCUT2D eigenvalue weighted by molar-refractivity contribution is 5.21. The van der Waals surface area contributed by atoms with Crippen LogP contribution in [-0.2, 0) is 0 Å². The molecule has 0 heterocycles. The van der Waals surface area contributed by atoms with Crippen LogP contribution < -0.4 is 0 Å². The summed E-state index contributed by atoms with van der Waals surface area (Å²) in [4.78, 5) is 0. The first kappa shape index (κ1) is 14.7. The van der Waals surface area contributed by atoms with E-state index in [4.69, 9.17) is 0 Å². The van der Waals surface area contributed by atoms with Crippen molar-refractivity contribution in [3.8, 4) is 0 Å². The lowest BCUT2D eigenvalue weighted by Gasteiger charge is -2.59. The van der Waals surface area contributed by atoms with Crippen molar-refractivity contribution in [3.63, 3.8) is 0 Å². The number of fused-ring (bicyclic) bond motifs is 3. The van der Waals surface area contributed by atoms with Gasteiger partial charge in [0.05, 0.1) is 0 Å². The summed E-state index contributed by atoms with van der Waals surface area (Å²) < 4.78 is 0. The summed E-state index contributed by atoms with van der Waals surface area (Å²) in [6.07, 6.45) is 9.78. The summed E-state index contributed by atoms with van der Waals surface area (Å²) in [6.45, 7) is 14.5. The smallest absolute Gasteiger partial charge is 0.0149 e. The van der Waals surface area contributed by atoms with Gasteiger partial charge in [-0.25, -0.2) is 0 Å². The predicted molar refractivity (Wildman–Crippen MR) is 87.5 cm³/mol. The van der Waals surface area contributed by atoms with Crippen LogP contribution in [0.4, 0.5) is 0 Å². The highest BCUT2D eigenvalue weighted by Crippen LogP contribution is 2.61. The normalized spacial score (nSPS) is 46.1. The van der Waals surface area contributed by atoms with Crippen LogP contribution in [-0.4, -0.2) is 0 Å². The van der Waals surface area contributed by atoms with E-state index < -0.39 is 0 Å². The summed E-state index contributed by atoms with van der Waals surface area (Å²) in [5, 5.41) is 0. The zero-order valence-electron chi connectivity index (χ0n) is 14.5. The quantitative estimate of drug-likeness (QED) is 0.470. The second-order valence-corrected chi connectivity index (χ2v) is 9.41. The number of hydrogen-bond donors (Lipinski definition) is 0. The Hall–Kier alpha value is -0.260. The molecule has 0 heteroatoms. The third-order valence-corrected chi connectivity index (χ3v) is 7.95. The van der Waals surface area contributed by atoms with Gasteiger partial charge in [0.2, 0.25) is 0 Å². The van der Waals surface area contributed by atoms with Crippen molar-refractivity contribution in [2.24, 2.45) is 40.4 Å². The predicted octanol–water partition coefficient (Wildman–Crippen LogP) is 6.08. The van der Waals surface area contributed by atoms with Crippen molar-refractivity contribution in [3.05, 3.63) is 11.6 Å². The van der Waals surface area contributed by atoms with Crippen LogP contribution in [0.25, 0.3) is 0 Å². The van der Waals surface area contributed by atoms with E-state index in [1.54, 1.807) is 5.57 Å². The molecule has 6 rings (SSSR count). The van der Waals surface area contributed by atoms with Crippen LogP contribution in [0.2, 0.25) is 0 Å². The number of rotatable bonds is 0. The Morgan fingerprint density at radius 3 is 1.95 bits per heavy atom. The standard InChI is InChI=1S/C10H18.C10H16/c2*1-7-4-5-8-6-9(7)10(8,2)3/h7-9H,4-6H2,1-3H3;4,8-9H,5-6H2,1-3H3. The van der Waals surface area contributed by atoms with E-state index in [9.17, 15) is 0 Å². The van der Waals surface area contributed by atoms with Gasteiger partial charge in [-0.15, -0.1) is 0 Å². The van der Waals surface area contributed by atoms with E-state index in [0.29, 0.717) is 10.8 Å². The second kappa shape index (κ2) is 4.62. The SMILES string of the molecule is CC1=CCC2CC1C2(C)C.CC1CCC2CC1C2(C)C. The van der Waals surface area contributed by atoms with Gasteiger partial charge in [-0.2, -0.15) is 0 Å². The minimum Gasteiger partial charge on any atom is -0.0850 e. The topological polar surface area (TPSA) is 0 Å². The molecule has 6 aliphatic carbocycles. The molecule has 0 spiro atoms. The van der Waals surface area contributed by atoms with Gasteiger partial charge in [0.25, 0.3) is 0 Å². The molecular weight excluding hydrogens is 240 g/mol. The highest BCUT2D eigenvalue weighted by Gasteiger charge is 2.52. The third kappa shape index (κ3) is 2.01. The molecule has 0 aromatic carbocycles. The monoisotopic (exact) mass is 274 g/mol. The molecule has 0 aliphatic heterocycles. The van der Waals surface area contributed by atoms with Crippen molar-refractivity contribution < 1.29 is 0 Å². The van der Waals surface area contributed by atoms with Crippen molar-refractivity contribution in [2.45, 2.75) is 73.6 Å².